The van der Waals surface area contributed by atoms with E-state index in [-0.39, 0.29) is 25.8 Å². The van der Waals surface area contributed by atoms with Gasteiger partial charge >= 0.3 is 140 Å². The molecular formula is C20H24OSe. The fraction of sp³-hybridized carbons (Fsp3) is 0.400. The van der Waals surface area contributed by atoms with Crippen molar-refractivity contribution >= 4 is 23.9 Å². The molecule has 0 spiro atoms. The molecule has 1 aliphatic rings. The Labute approximate surface area is 139 Å². The molecule has 2 aromatic rings. The minimum atomic E-state index is 0.151. The quantitative estimate of drug-likeness (QED) is 0.815. The summed E-state index contributed by atoms with van der Waals surface area (Å²) >= 11 is 0.151. The summed E-state index contributed by atoms with van der Waals surface area (Å²) in [4.78, 5) is 0. The Morgan fingerprint density at radius 1 is 0.864 bits per heavy atom. The predicted octanol–water partition coefficient (Wildman–Crippen LogP) is 3.40. The molecular weight excluding hydrogens is 335 g/mol. The van der Waals surface area contributed by atoms with Crippen molar-refractivity contribution in [3.8, 4) is 5.75 Å². The van der Waals surface area contributed by atoms with Crippen molar-refractivity contribution in [2.24, 2.45) is 0 Å². The monoisotopic (exact) mass is 360 g/mol. The number of phenolic OH excluding ortho intramolecular Hbond substituents is 1. The Balaban J connectivity index is 2.08. The molecule has 116 valence electrons. The Hall–Kier alpha value is -1.24. The van der Waals surface area contributed by atoms with Crippen molar-refractivity contribution in [1.29, 1.82) is 0 Å². The van der Waals surface area contributed by atoms with Crippen molar-refractivity contribution in [3.05, 3.63) is 53.6 Å². The van der Waals surface area contributed by atoms with E-state index in [1.807, 2.05) is 12.1 Å². The van der Waals surface area contributed by atoms with Crippen molar-refractivity contribution in [2.45, 2.75) is 51.4 Å². The van der Waals surface area contributed by atoms with Gasteiger partial charge in [0.1, 0.15) is 0 Å². The Kier molecular flexibility index (Phi) is 3.87. The van der Waals surface area contributed by atoms with Crippen LogP contribution in [0.2, 0.25) is 0 Å². The first kappa shape index (κ1) is 15.6. The SMILES string of the molecule is CC1(C)CCC(C)(C)c2cc([Se]c3ccccc3)c(O)cc21. The van der Waals surface area contributed by atoms with Gasteiger partial charge in [-0.15, -0.1) is 0 Å². The number of aromatic hydroxyl groups is 1. The van der Waals surface area contributed by atoms with Crippen LogP contribution in [-0.2, 0) is 10.8 Å². The molecule has 0 saturated heterocycles. The van der Waals surface area contributed by atoms with E-state index < -0.39 is 0 Å². The molecule has 0 bridgehead atoms. The molecule has 1 N–H and O–H groups in total. The summed E-state index contributed by atoms with van der Waals surface area (Å²) in [6, 6.07) is 14.8. The summed E-state index contributed by atoms with van der Waals surface area (Å²) in [5.74, 6) is 0.466. The van der Waals surface area contributed by atoms with Crippen LogP contribution >= 0.6 is 0 Å². The molecule has 0 atom stereocenters. The van der Waals surface area contributed by atoms with Crippen LogP contribution < -0.4 is 8.92 Å². The number of hydrogen-bond donors (Lipinski definition) is 1. The number of phenols is 1. The zero-order valence-electron chi connectivity index (χ0n) is 13.8. The maximum atomic E-state index is 10.5. The predicted molar refractivity (Wildman–Crippen MR) is 94.9 cm³/mol. The van der Waals surface area contributed by atoms with E-state index in [9.17, 15) is 5.11 Å². The second-order valence-electron chi connectivity index (χ2n) is 7.55. The fourth-order valence-electron chi connectivity index (χ4n) is 3.28. The van der Waals surface area contributed by atoms with E-state index >= 15 is 0 Å². The summed E-state index contributed by atoms with van der Waals surface area (Å²) in [6.07, 6.45) is 2.38. The molecule has 2 heteroatoms. The molecule has 0 amide bonds. The average molecular weight is 359 g/mol. The molecule has 0 fully saturated rings. The molecule has 1 nitrogen and oxygen atoms in total. The van der Waals surface area contributed by atoms with Crippen LogP contribution in [0.15, 0.2) is 42.5 Å². The average Bonchev–Trinajstić information content (AvgIpc) is 2.47. The Morgan fingerprint density at radius 3 is 2.00 bits per heavy atom. The Bertz CT molecular complexity index is 686. The van der Waals surface area contributed by atoms with Gasteiger partial charge < -0.3 is 0 Å². The van der Waals surface area contributed by atoms with Gasteiger partial charge in [-0.1, -0.05) is 0 Å². The number of hydrogen-bond acceptors (Lipinski definition) is 1. The van der Waals surface area contributed by atoms with E-state index in [4.69, 9.17) is 0 Å². The summed E-state index contributed by atoms with van der Waals surface area (Å²) in [6.45, 7) is 9.25. The first-order valence-electron chi connectivity index (χ1n) is 7.90. The number of benzene rings is 2. The van der Waals surface area contributed by atoms with Crippen LogP contribution in [0.1, 0.15) is 51.7 Å². The molecule has 3 rings (SSSR count). The van der Waals surface area contributed by atoms with Crippen molar-refractivity contribution in [2.75, 3.05) is 0 Å². The van der Waals surface area contributed by atoms with Gasteiger partial charge in [-0.3, -0.25) is 0 Å². The fourth-order valence-corrected chi connectivity index (χ4v) is 5.14. The number of rotatable bonds is 2. The topological polar surface area (TPSA) is 20.2 Å². The van der Waals surface area contributed by atoms with Gasteiger partial charge in [-0.2, -0.15) is 0 Å². The van der Waals surface area contributed by atoms with Gasteiger partial charge in [0.2, 0.25) is 0 Å². The first-order chi connectivity index (χ1) is 10.3. The van der Waals surface area contributed by atoms with Crippen LogP contribution in [0.3, 0.4) is 0 Å². The summed E-state index contributed by atoms with van der Waals surface area (Å²) in [5, 5.41) is 10.5. The molecule has 0 heterocycles. The molecule has 0 unspecified atom stereocenters. The summed E-state index contributed by atoms with van der Waals surface area (Å²) in [7, 11) is 0. The second kappa shape index (κ2) is 5.44. The van der Waals surface area contributed by atoms with Crippen LogP contribution in [0, 0.1) is 0 Å². The molecule has 0 radical (unpaired) electrons. The third kappa shape index (κ3) is 2.83. The maximum absolute atomic E-state index is 10.5. The minimum absolute atomic E-state index is 0.151. The number of fused-ring (bicyclic) bond motifs is 1. The van der Waals surface area contributed by atoms with E-state index in [0.717, 1.165) is 4.46 Å². The van der Waals surface area contributed by atoms with Gasteiger partial charge in [0.05, 0.1) is 0 Å². The van der Waals surface area contributed by atoms with Crippen LogP contribution in [0.25, 0.3) is 0 Å². The van der Waals surface area contributed by atoms with Gasteiger partial charge in [0.15, 0.2) is 0 Å². The van der Waals surface area contributed by atoms with E-state index in [2.05, 4.69) is 58.0 Å². The van der Waals surface area contributed by atoms with Crippen LogP contribution in [0.5, 0.6) is 5.75 Å². The third-order valence-corrected chi connectivity index (χ3v) is 7.12. The second-order valence-corrected chi connectivity index (χ2v) is 9.89. The molecule has 0 aromatic heterocycles. The van der Waals surface area contributed by atoms with Crippen molar-refractivity contribution in [1.82, 2.24) is 0 Å². The normalized spacial score (nSPS) is 18.7. The first-order valence-corrected chi connectivity index (χ1v) is 9.62. The molecule has 0 aliphatic heterocycles. The van der Waals surface area contributed by atoms with Gasteiger partial charge in [0, 0.05) is 0 Å². The zero-order valence-corrected chi connectivity index (χ0v) is 15.5. The molecule has 1 aliphatic carbocycles. The molecule has 2 aromatic carbocycles. The van der Waals surface area contributed by atoms with Gasteiger partial charge in [0.25, 0.3) is 0 Å². The third-order valence-electron chi connectivity index (χ3n) is 4.90. The summed E-state index contributed by atoms with van der Waals surface area (Å²) in [5.41, 5.74) is 3.10. The summed E-state index contributed by atoms with van der Waals surface area (Å²) < 4.78 is 2.40. The van der Waals surface area contributed by atoms with Gasteiger partial charge in [-0.05, 0) is 0 Å². The zero-order chi connectivity index (χ0) is 16.0. The standard InChI is InChI=1S/C20H24OSe/c1-19(2)10-11-20(3,4)16-13-18(17(21)12-15(16)19)22-14-8-6-5-7-9-14/h5-9,12-13,21H,10-11H2,1-4H3. The van der Waals surface area contributed by atoms with Crippen LogP contribution in [-0.4, -0.2) is 20.1 Å². The van der Waals surface area contributed by atoms with Crippen molar-refractivity contribution < 1.29 is 5.11 Å². The van der Waals surface area contributed by atoms with Crippen LogP contribution in [0.4, 0.5) is 0 Å². The van der Waals surface area contributed by atoms with Crippen molar-refractivity contribution in [3.63, 3.8) is 0 Å². The molecule has 0 saturated carbocycles. The van der Waals surface area contributed by atoms with E-state index in [1.165, 1.54) is 28.4 Å². The van der Waals surface area contributed by atoms with E-state index in [1.54, 1.807) is 0 Å². The Morgan fingerprint density at radius 2 is 1.41 bits per heavy atom. The molecule has 22 heavy (non-hydrogen) atoms. The van der Waals surface area contributed by atoms with Gasteiger partial charge in [-0.25, -0.2) is 0 Å². The van der Waals surface area contributed by atoms with E-state index in [0.29, 0.717) is 5.75 Å².